The van der Waals surface area contributed by atoms with Gasteiger partial charge in [-0.15, -0.1) is 0 Å². The third-order valence-electron chi connectivity index (χ3n) is 2.51. The van der Waals surface area contributed by atoms with E-state index in [1.807, 2.05) is 6.92 Å². The Morgan fingerprint density at radius 3 is 2.77 bits per heavy atom. The van der Waals surface area contributed by atoms with Crippen LogP contribution >= 0.6 is 0 Å². The molecule has 1 aliphatic rings. The van der Waals surface area contributed by atoms with E-state index < -0.39 is 0 Å². The maximum Gasteiger partial charge on any atom is 0.218 e. The Morgan fingerprint density at radius 1 is 1.54 bits per heavy atom. The molecule has 0 aromatic carbocycles. The fourth-order valence-electron chi connectivity index (χ4n) is 1.48. The average Bonchev–Trinajstić information content (AvgIpc) is 2.85. The van der Waals surface area contributed by atoms with Crippen molar-refractivity contribution in [3.8, 4) is 5.88 Å². The average molecular weight is 178 g/mol. The highest BCUT2D eigenvalue weighted by molar-refractivity contribution is 5.39. The van der Waals surface area contributed by atoms with Crippen LogP contribution in [-0.4, -0.2) is 12.1 Å². The van der Waals surface area contributed by atoms with Gasteiger partial charge in [-0.25, -0.2) is 4.98 Å². The third kappa shape index (κ3) is 1.40. The van der Waals surface area contributed by atoms with Crippen molar-refractivity contribution in [2.24, 2.45) is 5.73 Å². The van der Waals surface area contributed by atoms with Gasteiger partial charge in [0.1, 0.15) is 0 Å². The summed E-state index contributed by atoms with van der Waals surface area (Å²) in [4.78, 5) is 4.20. The molecule has 0 atom stereocenters. The van der Waals surface area contributed by atoms with Gasteiger partial charge in [-0.3, -0.25) is 0 Å². The molecule has 1 aliphatic carbocycles. The van der Waals surface area contributed by atoms with Crippen molar-refractivity contribution < 1.29 is 4.74 Å². The number of hydrogen-bond donors (Lipinski definition) is 1. The first-order valence-electron chi connectivity index (χ1n) is 4.46. The van der Waals surface area contributed by atoms with Crippen LogP contribution in [0.2, 0.25) is 0 Å². The number of hydrogen-bond acceptors (Lipinski definition) is 3. The molecule has 1 aromatic heterocycles. The molecule has 2 rings (SSSR count). The van der Waals surface area contributed by atoms with Crippen molar-refractivity contribution in [3.63, 3.8) is 0 Å². The van der Waals surface area contributed by atoms with Crippen LogP contribution < -0.4 is 10.5 Å². The van der Waals surface area contributed by atoms with Crippen molar-refractivity contribution in [2.75, 3.05) is 7.11 Å². The molecule has 1 heterocycles. The van der Waals surface area contributed by atoms with Gasteiger partial charge in [-0.1, -0.05) is 0 Å². The lowest BCUT2D eigenvalue weighted by Crippen LogP contribution is -2.20. The van der Waals surface area contributed by atoms with Gasteiger partial charge in [-0.2, -0.15) is 0 Å². The van der Waals surface area contributed by atoms with Crippen molar-refractivity contribution in [3.05, 3.63) is 23.4 Å². The molecule has 1 fully saturated rings. The Hall–Kier alpha value is -1.09. The summed E-state index contributed by atoms with van der Waals surface area (Å²) in [6.45, 7) is 2.02. The monoisotopic (exact) mass is 178 g/mol. The van der Waals surface area contributed by atoms with Gasteiger partial charge in [0.05, 0.1) is 7.11 Å². The summed E-state index contributed by atoms with van der Waals surface area (Å²) in [5, 5.41) is 0. The largest absolute Gasteiger partial charge is 0.481 e. The van der Waals surface area contributed by atoms with Crippen LogP contribution in [-0.2, 0) is 5.54 Å². The number of nitrogens with zero attached hydrogens (tertiary/aromatic N) is 1. The van der Waals surface area contributed by atoms with Crippen LogP contribution in [0.1, 0.15) is 24.0 Å². The number of aromatic nitrogens is 1. The first-order valence-corrected chi connectivity index (χ1v) is 4.46. The maximum absolute atomic E-state index is 6.09. The van der Waals surface area contributed by atoms with Gasteiger partial charge in [0, 0.05) is 17.3 Å². The summed E-state index contributed by atoms with van der Waals surface area (Å²) in [5.41, 5.74) is 8.11. The summed E-state index contributed by atoms with van der Waals surface area (Å²) < 4.78 is 5.18. The van der Waals surface area contributed by atoms with E-state index in [1.165, 1.54) is 0 Å². The molecule has 0 bridgehead atoms. The minimum absolute atomic E-state index is 0.162. The Labute approximate surface area is 77.9 Å². The number of ether oxygens (including phenoxy) is 1. The number of rotatable bonds is 2. The molecule has 0 unspecified atom stereocenters. The first-order chi connectivity index (χ1) is 6.15. The second kappa shape index (κ2) is 2.70. The first kappa shape index (κ1) is 8.51. The topological polar surface area (TPSA) is 48.1 Å². The van der Waals surface area contributed by atoms with Crippen LogP contribution in [0.3, 0.4) is 0 Å². The fraction of sp³-hybridized carbons (Fsp3) is 0.500. The minimum Gasteiger partial charge on any atom is -0.481 e. The number of pyridine rings is 1. The summed E-state index contributed by atoms with van der Waals surface area (Å²) in [5.74, 6) is 0.672. The molecule has 70 valence electrons. The molecule has 0 amide bonds. The van der Waals surface area contributed by atoms with E-state index in [1.54, 1.807) is 13.3 Å². The van der Waals surface area contributed by atoms with Crippen LogP contribution in [0.25, 0.3) is 0 Å². The summed E-state index contributed by atoms with van der Waals surface area (Å²) in [7, 11) is 1.63. The quantitative estimate of drug-likeness (QED) is 0.743. The van der Waals surface area contributed by atoms with E-state index in [2.05, 4.69) is 11.1 Å². The lowest BCUT2D eigenvalue weighted by Gasteiger charge is -2.13. The summed E-state index contributed by atoms with van der Waals surface area (Å²) in [6.07, 6.45) is 3.87. The van der Waals surface area contributed by atoms with Gasteiger partial charge >= 0.3 is 0 Å². The molecular formula is C10H14N2O. The Morgan fingerprint density at radius 2 is 2.23 bits per heavy atom. The molecule has 0 radical (unpaired) electrons. The van der Waals surface area contributed by atoms with Crippen LogP contribution in [0.5, 0.6) is 5.88 Å². The molecule has 2 N–H and O–H groups in total. The minimum atomic E-state index is -0.162. The van der Waals surface area contributed by atoms with Crippen LogP contribution in [0.4, 0.5) is 0 Å². The van der Waals surface area contributed by atoms with Crippen molar-refractivity contribution >= 4 is 0 Å². The van der Waals surface area contributed by atoms with Crippen molar-refractivity contribution in [1.82, 2.24) is 4.98 Å². The highest BCUT2D eigenvalue weighted by Gasteiger charge is 2.42. The molecule has 3 heteroatoms. The Kier molecular flexibility index (Phi) is 1.77. The standard InChI is InChI=1S/C10H14N2O/c1-7-5-8(10(11)3-4-10)9(13-2)12-6-7/h5-6H,3-4,11H2,1-2H3. The van der Waals surface area contributed by atoms with E-state index in [-0.39, 0.29) is 5.54 Å². The summed E-state index contributed by atoms with van der Waals surface area (Å²) >= 11 is 0. The SMILES string of the molecule is COc1ncc(C)cc1C1(N)CC1. The predicted octanol–water partition coefficient (Wildman–Crippen LogP) is 1.35. The zero-order valence-electron chi connectivity index (χ0n) is 8.00. The molecule has 3 nitrogen and oxygen atoms in total. The van der Waals surface area contributed by atoms with Gasteiger partial charge in [0.25, 0.3) is 0 Å². The van der Waals surface area contributed by atoms with E-state index in [0.717, 1.165) is 24.0 Å². The zero-order chi connectivity index (χ0) is 9.47. The molecule has 0 spiro atoms. The van der Waals surface area contributed by atoms with E-state index >= 15 is 0 Å². The second-order valence-electron chi connectivity index (χ2n) is 3.73. The molecule has 0 saturated heterocycles. The molecule has 13 heavy (non-hydrogen) atoms. The fourth-order valence-corrected chi connectivity index (χ4v) is 1.48. The van der Waals surface area contributed by atoms with Gasteiger partial charge in [-0.05, 0) is 31.4 Å². The highest BCUT2D eigenvalue weighted by Crippen LogP contribution is 2.45. The number of methoxy groups -OCH3 is 1. The lowest BCUT2D eigenvalue weighted by molar-refractivity contribution is 0.387. The molecule has 1 aromatic rings. The summed E-state index contributed by atoms with van der Waals surface area (Å²) in [6, 6.07) is 2.07. The highest BCUT2D eigenvalue weighted by atomic mass is 16.5. The van der Waals surface area contributed by atoms with E-state index in [4.69, 9.17) is 10.5 Å². The lowest BCUT2D eigenvalue weighted by atomic mass is 10.1. The second-order valence-corrected chi connectivity index (χ2v) is 3.73. The smallest absolute Gasteiger partial charge is 0.218 e. The Bertz CT molecular complexity index is 332. The number of aryl methyl sites for hydroxylation is 1. The molecule has 1 saturated carbocycles. The van der Waals surface area contributed by atoms with Crippen molar-refractivity contribution in [1.29, 1.82) is 0 Å². The third-order valence-corrected chi connectivity index (χ3v) is 2.51. The van der Waals surface area contributed by atoms with Gasteiger partial charge in [0.2, 0.25) is 5.88 Å². The van der Waals surface area contributed by atoms with Crippen molar-refractivity contribution in [2.45, 2.75) is 25.3 Å². The van der Waals surface area contributed by atoms with Crippen LogP contribution in [0, 0.1) is 6.92 Å². The van der Waals surface area contributed by atoms with Crippen LogP contribution in [0.15, 0.2) is 12.3 Å². The molecule has 0 aliphatic heterocycles. The molecular weight excluding hydrogens is 164 g/mol. The van der Waals surface area contributed by atoms with E-state index in [0.29, 0.717) is 5.88 Å². The van der Waals surface area contributed by atoms with Gasteiger partial charge in [0.15, 0.2) is 0 Å². The predicted molar refractivity (Wildman–Crippen MR) is 50.6 cm³/mol. The maximum atomic E-state index is 6.09. The van der Waals surface area contributed by atoms with E-state index in [9.17, 15) is 0 Å². The zero-order valence-corrected chi connectivity index (χ0v) is 8.00. The van der Waals surface area contributed by atoms with Gasteiger partial charge < -0.3 is 10.5 Å². The number of nitrogens with two attached hydrogens (primary N) is 1. The normalized spacial score (nSPS) is 18.4. The Balaban J connectivity index is 2.47.